The van der Waals surface area contributed by atoms with Gasteiger partial charge in [-0.2, -0.15) is 0 Å². The summed E-state index contributed by atoms with van der Waals surface area (Å²) in [6.45, 7) is -0.503. The molecule has 0 saturated heterocycles. The van der Waals surface area contributed by atoms with Crippen molar-refractivity contribution in [3.63, 3.8) is 0 Å². The highest BCUT2D eigenvalue weighted by molar-refractivity contribution is 9.10. The molecule has 0 saturated carbocycles. The van der Waals surface area contributed by atoms with Crippen LogP contribution in [0.5, 0.6) is 0 Å². The number of aromatic amines is 1. The number of hydrogen-bond acceptors (Lipinski definition) is 1. The van der Waals surface area contributed by atoms with E-state index in [0.29, 0.717) is 11.0 Å². The molecule has 0 aliphatic heterocycles. The molecule has 0 aliphatic rings. The summed E-state index contributed by atoms with van der Waals surface area (Å²) >= 11 is 7.90. The first-order valence-corrected chi connectivity index (χ1v) is 5.55. The fraction of sp³-hybridized carbons (Fsp3) is 0.222. The summed E-state index contributed by atoms with van der Waals surface area (Å²) in [4.78, 5) is 2.68. The van der Waals surface area contributed by atoms with E-state index in [1.54, 1.807) is 0 Å². The molecule has 0 unspecified atom stereocenters. The van der Waals surface area contributed by atoms with Gasteiger partial charge in [-0.25, -0.2) is 13.2 Å². The van der Waals surface area contributed by atoms with E-state index in [0.717, 1.165) is 0 Å². The van der Waals surface area contributed by atoms with Gasteiger partial charge >= 0.3 is 0 Å². The summed E-state index contributed by atoms with van der Waals surface area (Å²) in [6.07, 6.45) is -2.51. The highest BCUT2D eigenvalue weighted by Crippen LogP contribution is 2.23. The lowest BCUT2D eigenvalue weighted by atomic mass is 10.3. The zero-order valence-corrected chi connectivity index (χ0v) is 10.2. The monoisotopic (exact) mass is 310 g/mol. The molecule has 0 bridgehead atoms. The number of nitrogens with zero attached hydrogens (tertiary/aromatic N) is 1. The minimum atomic E-state index is -2.51. The van der Waals surface area contributed by atoms with Crippen LogP contribution in [-0.2, 0) is 6.54 Å². The Morgan fingerprint density at radius 1 is 1.44 bits per heavy atom. The van der Waals surface area contributed by atoms with Gasteiger partial charge in [0.05, 0.1) is 22.1 Å². The minimum absolute atomic E-state index is 0.160. The summed E-state index contributed by atoms with van der Waals surface area (Å²) in [6, 6.07) is 2.65. The van der Waals surface area contributed by atoms with Gasteiger partial charge in [0.15, 0.2) is 4.77 Å². The van der Waals surface area contributed by atoms with E-state index in [-0.39, 0.29) is 9.24 Å². The molecule has 1 heterocycles. The summed E-state index contributed by atoms with van der Waals surface area (Å²) in [7, 11) is 0. The molecule has 2 rings (SSSR count). The first-order chi connectivity index (χ1) is 7.49. The molecule has 1 N–H and O–H groups in total. The molecule has 0 fully saturated rings. The Morgan fingerprint density at radius 3 is 2.75 bits per heavy atom. The molecule has 16 heavy (non-hydrogen) atoms. The number of halogens is 4. The number of H-pyrrole nitrogens is 1. The normalized spacial score (nSPS) is 11.6. The van der Waals surface area contributed by atoms with Gasteiger partial charge in [0.2, 0.25) is 0 Å². The highest BCUT2D eigenvalue weighted by Gasteiger charge is 2.12. The van der Waals surface area contributed by atoms with Crippen LogP contribution in [0.4, 0.5) is 13.2 Å². The third-order valence-electron chi connectivity index (χ3n) is 2.14. The molecule has 0 spiro atoms. The van der Waals surface area contributed by atoms with E-state index in [1.165, 1.54) is 16.7 Å². The number of alkyl halides is 2. The zero-order valence-electron chi connectivity index (χ0n) is 7.81. The first kappa shape index (κ1) is 11.7. The maximum absolute atomic E-state index is 13.2. The predicted octanol–water partition coefficient (Wildman–Crippen LogP) is 3.87. The maximum atomic E-state index is 13.2. The molecular weight excluding hydrogens is 305 g/mol. The third-order valence-corrected chi connectivity index (χ3v) is 3.07. The van der Waals surface area contributed by atoms with Gasteiger partial charge in [-0.1, -0.05) is 0 Å². The Kier molecular flexibility index (Phi) is 3.07. The van der Waals surface area contributed by atoms with Gasteiger partial charge in [0, 0.05) is 6.07 Å². The summed E-state index contributed by atoms with van der Waals surface area (Å²) < 4.78 is 39.5. The van der Waals surface area contributed by atoms with Crippen LogP contribution in [-0.4, -0.2) is 16.0 Å². The number of hydrogen-bond donors (Lipinski definition) is 1. The first-order valence-electron chi connectivity index (χ1n) is 4.34. The Balaban J connectivity index is 2.69. The standard InChI is InChI=1S/C9H6BrF3N2S/c10-4-1-7-6(2-5(4)11)14-9(16)15(7)3-8(12)13/h1-2,8H,3H2,(H,14,16). The van der Waals surface area contributed by atoms with E-state index in [4.69, 9.17) is 12.2 Å². The number of imidazole rings is 1. The number of rotatable bonds is 2. The van der Waals surface area contributed by atoms with Crippen LogP contribution in [0.15, 0.2) is 16.6 Å². The van der Waals surface area contributed by atoms with Crippen molar-refractivity contribution in [2.24, 2.45) is 0 Å². The van der Waals surface area contributed by atoms with Crippen molar-refractivity contribution in [3.8, 4) is 0 Å². The van der Waals surface area contributed by atoms with Crippen LogP contribution in [0.1, 0.15) is 0 Å². The number of benzene rings is 1. The van der Waals surface area contributed by atoms with Gasteiger partial charge < -0.3 is 9.55 Å². The Morgan fingerprint density at radius 2 is 2.12 bits per heavy atom. The SMILES string of the molecule is Fc1cc2[nH]c(=S)n(CC(F)F)c2cc1Br. The predicted molar refractivity (Wildman–Crippen MR) is 60.8 cm³/mol. The highest BCUT2D eigenvalue weighted by atomic mass is 79.9. The van der Waals surface area contributed by atoms with Crippen molar-refractivity contribution < 1.29 is 13.2 Å². The van der Waals surface area contributed by atoms with Crippen molar-refractivity contribution in [2.75, 3.05) is 0 Å². The average Bonchev–Trinajstić information content (AvgIpc) is 2.45. The molecule has 86 valence electrons. The van der Waals surface area contributed by atoms with Gasteiger partial charge in [-0.05, 0) is 34.2 Å². The molecule has 0 amide bonds. The minimum Gasteiger partial charge on any atom is -0.330 e. The molecule has 0 aliphatic carbocycles. The lowest BCUT2D eigenvalue weighted by molar-refractivity contribution is 0.127. The van der Waals surface area contributed by atoms with Crippen molar-refractivity contribution in [2.45, 2.75) is 13.0 Å². The largest absolute Gasteiger partial charge is 0.330 e. The second-order valence-electron chi connectivity index (χ2n) is 3.22. The van der Waals surface area contributed by atoms with Crippen LogP contribution < -0.4 is 0 Å². The van der Waals surface area contributed by atoms with Gasteiger partial charge in [0.1, 0.15) is 5.82 Å². The average molecular weight is 311 g/mol. The molecular formula is C9H6BrF3N2S. The topological polar surface area (TPSA) is 20.7 Å². The van der Waals surface area contributed by atoms with Crippen LogP contribution in [0.2, 0.25) is 0 Å². The number of aromatic nitrogens is 2. The Labute approximate surface area is 102 Å². The lowest BCUT2D eigenvalue weighted by Gasteiger charge is -2.03. The molecule has 2 aromatic rings. The van der Waals surface area contributed by atoms with E-state index in [1.807, 2.05) is 0 Å². The summed E-state index contributed by atoms with van der Waals surface area (Å²) in [5.74, 6) is -0.465. The second-order valence-corrected chi connectivity index (χ2v) is 4.46. The molecule has 0 radical (unpaired) electrons. The zero-order chi connectivity index (χ0) is 11.9. The summed E-state index contributed by atoms with van der Waals surface area (Å²) in [5, 5.41) is 0. The summed E-state index contributed by atoms with van der Waals surface area (Å²) in [5.41, 5.74) is 0.866. The van der Waals surface area contributed by atoms with Crippen molar-refractivity contribution in [3.05, 3.63) is 27.2 Å². The fourth-order valence-corrected chi connectivity index (χ4v) is 2.09. The fourth-order valence-electron chi connectivity index (χ4n) is 1.47. The van der Waals surface area contributed by atoms with Crippen LogP contribution in [0, 0.1) is 10.6 Å². The number of nitrogens with one attached hydrogen (secondary N) is 1. The molecule has 7 heteroatoms. The smallest absolute Gasteiger partial charge is 0.256 e. The molecule has 1 aromatic carbocycles. The van der Waals surface area contributed by atoms with Crippen LogP contribution in [0.3, 0.4) is 0 Å². The lowest BCUT2D eigenvalue weighted by Crippen LogP contribution is -2.06. The molecule has 1 aromatic heterocycles. The van der Waals surface area contributed by atoms with Gasteiger partial charge in [-0.3, -0.25) is 0 Å². The van der Waals surface area contributed by atoms with Crippen LogP contribution in [0.25, 0.3) is 11.0 Å². The van der Waals surface area contributed by atoms with Gasteiger partial charge in [0.25, 0.3) is 6.43 Å². The third kappa shape index (κ3) is 2.01. The quantitative estimate of drug-likeness (QED) is 0.835. The van der Waals surface area contributed by atoms with E-state index in [2.05, 4.69) is 20.9 Å². The van der Waals surface area contributed by atoms with Crippen LogP contribution >= 0.6 is 28.1 Å². The second kappa shape index (κ2) is 4.21. The van der Waals surface area contributed by atoms with E-state index >= 15 is 0 Å². The number of fused-ring (bicyclic) bond motifs is 1. The molecule has 0 atom stereocenters. The van der Waals surface area contributed by atoms with Crippen molar-refractivity contribution in [1.82, 2.24) is 9.55 Å². The Hall–Kier alpha value is -0.820. The van der Waals surface area contributed by atoms with Gasteiger partial charge in [-0.15, -0.1) is 0 Å². The van der Waals surface area contributed by atoms with E-state index < -0.39 is 18.8 Å². The molecule has 2 nitrogen and oxygen atoms in total. The van der Waals surface area contributed by atoms with Crippen molar-refractivity contribution in [1.29, 1.82) is 0 Å². The van der Waals surface area contributed by atoms with Crippen molar-refractivity contribution >= 4 is 39.2 Å². The Bertz CT molecular complexity index is 590. The maximum Gasteiger partial charge on any atom is 0.256 e. The van der Waals surface area contributed by atoms with E-state index in [9.17, 15) is 13.2 Å².